The predicted octanol–water partition coefficient (Wildman–Crippen LogP) is 7.21. The Hall–Kier alpha value is -3.23. The maximum absolute atomic E-state index is 14.0. The van der Waals surface area contributed by atoms with Crippen LogP contribution < -0.4 is 5.32 Å². The molecule has 218 valence electrons. The zero-order chi connectivity index (χ0) is 29.4. The van der Waals surface area contributed by atoms with E-state index in [0.717, 1.165) is 54.0 Å². The van der Waals surface area contributed by atoms with Gasteiger partial charge in [-0.25, -0.2) is 13.6 Å². The highest BCUT2D eigenvalue weighted by Gasteiger charge is 2.25. The molecule has 2 N–H and O–H groups in total. The first-order chi connectivity index (χ1) is 19.7. The van der Waals surface area contributed by atoms with Crippen LogP contribution in [0.4, 0.5) is 8.78 Å². The van der Waals surface area contributed by atoms with E-state index < -0.39 is 29.6 Å². The molecule has 3 aromatic carbocycles. The van der Waals surface area contributed by atoms with E-state index in [4.69, 9.17) is 0 Å². The number of carboxylic acid groups (broad SMARTS) is 1. The van der Waals surface area contributed by atoms with Crippen molar-refractivity contribution < 1.29 is 23.5 Å². The van der Waals surface area contributed by atoms with E-state index in [1.165, 1.54) is 30.3 Å². The van der Waals surface area contributed by atoms with Gasteiger partial charge in [-0.3, -0.25) is 9.69 Å². The number of nitrogens with one attached hydrogen (secondary N) is 1. The lowest BCUT2D eigenvalue weighted by Crippen LogP contribution is -2.41. The maximum atomic E-state index is 14.0. The molecule has 1 atom stereocenters. The molecule has 0 spiro atoms. The van der Waals surface area contributed by atoms with E-state index in [1.807, 2.05) is 49.6 Å². The number of carbonyl (C=O) groups excluding carboxylic acids is 1. The summed E-state index contributed by atoms with van der Waals surface area (Å²) in [5.41, 5.74) is 4.59. The molecule has 0 heterocycles. The molecule has 4 rings (SSSR count). The quantitative estimate of drug-likeness (QED) is 0.237. The summed E-state index contributed by atoms with van der Waals surface area (Å²) in [5, 5.41) is 12.4. The van der Waals surface area contributed by atoms with Crippen molar-refractivity contribution in [1.29, 1.82) is 0 Å². The zero-order valence-electron chi connectivity index (χ0n) is 23.7. The van der Waals surface area contributed by atoms with Gasteiger partial charge < -0.3 is 10.4 Å². The number of benzene rings is 3. The Kier molecular flexibility index (Phi) is 10.9. The van der Waals surface area contributed by atoms with Crippen LogP contribution in [0.15, 0.2) is 60.7 Å². The van der Waals surface area contributed by atoms with Crippen LogP contribution in [-0.4, -0.2) is 46.0 Å². The smallest absolute Gasteiger partial charge is 0.326 e. The highest BCUT2D eigenvalue weighted by Crippen LogP contribution is 2.31. The van der Waals surface area contributed by atoms with Gasteiger partial charge in [-0.05, 0) is 90.3 Å². The Labute approximate surface area is 245 Å². The largest absolute Gasteiger partial charge is 0.480 e. The third kappa shape index (κ3) is 8.39. The molecule has 1 aliphatic rings. The van der Waals surface area contributed by atoms with Crippen molar-refractivity contribution in [2.45, 2.75) is 70.6 Å². The Morgan fingerprint density at radius 3 is 2.29 bits per heavy atom. The summed E-state index contributed by atoms with van der Waals surface area (Å²) < 4.78 is 28.0. The van der Waals surface area contributed by atoms with Crippen molar-refractivity contribution in [1.82, 2.24) is 10.2 Å². The molecule has 5 nitrogen and oxygen atoms in total. The number of aryl methyl sites for hydroxylation is 1. The van der Waals surface area contributed by atoms with E-state index in [-0.39, 0.29) is 6.04 Å². The molecule has 0 saturated heterocycles. The molecule has 0 radical (unpaired) electrons. The second kappa shape index (κ2) is 14.6. The number of carbonyl (C=O) groups is 2. The molecule has 3 aromatic rings. The number of aliphatic carboxylic acids is 1. The molecule has 1 saturated carbocycles. The third-order valence-electron chi connectivity index (χ3n) is 7.76. The minimum Gasteiger partial charge on any atom is -0.480 e. The van der Waals surface area contributed by atoms with Crippen LogP contribution in [-0.2, 0) is 17.9 Å². The fraction of sp³-hybridized carbons (Fsp3) is 0.394. The summed E-state index contributed by atoms with van der Waals surface area (Å²) in [6.07, 6.45) is 7.70. The number of thioether (sulfide) groups is 1. The number of rotatable bonds is 12. The molecule has 8 heteroatoms. The first-order valence-electron chi connectivity index (χ1n) is 14.2. The average molecular weight is 581 g/mol. The number of halogens is 2. The van der Waals surface area contributed by atoms with E-state index in [9.17, 15) is 23.5 Å². The number of hydrogen-bond donors (Lipinski definition) is 2. The topological polar surface area (TPSA) is 69.6 Å². The van der Waals surface area contributed by atoms with E-state index >= 15 is 0 Å². The Bertz CT molecular complexity index is 1340. The zero-order valence-corrected chi connectivity index (χ0v) is 24.5. The minimum absolute atomic E-state index is 0.285. The maximum Gasteiger partial charge on any atom is 0.326 e. The van der Waals surface area contributed by atoms with Gasteiger partial charge in [0.15, 0.2) is 0 Å². The van der Waals surface area contributed by atoms with Gasteiger partial charge in [-0.1, -0.05) is 49.6 Å². The second-order valence-corrected chi connectivity index (χ2v) is 11.8. The molecule has 1 amide bonds. The summed E-state index contributed by atoms with van der Waals surface area (Å²) in [6.45, 7) is 2.95. The van der Waals surface area contributed by atoms with Crippen LogP contribution in [0, 0.1) is 18.6 Å². The Morgan fingerprint density at radius 2 is 1.63 bits per heavy atom. The van der Waals surface area contributed by atoms with Gasteiger partial charge in [0.05, 0.1) is 0 Å². The van der Waals surface area contributed by atoms with Gasteiger partial charge in [-0.2, -0.15) is 11.8 Å². The fourth-order valence-electron chi connectivity index (χ4n) is 5.65. The van der Waals surface area contributed by atoms with Crippen LogP contribution in [0.5, 0.6) is 0 Å². The standard InChI is InChI=1S/C33H38F2N2O3S/c1-22-8-6-7-11-28(22)30-18-23(12-13-29(30)32(38)36-31(33(39)40)14-15-41-2)20-37(27-9-4-3-5-10-27)21-24-16-25(34)19-26(35)17-24/h6-8,11-13,16-19,27,31H,3-5,9-10,14-15,20-21H2,1-2H3,(H,36,38)(H,39,40). The van der Waals surface area contributed by atoms with Crippen molar-refractivity contribution in [2.24, 2.45) is 0 Å². The third-order valence-corrected chi connectivity index (χ3v) is 8.41. The molecule has 1 fully saturated rings. The first-order valence-corrected chi connectivity index (χ1v) is 15.5. The molecule has 41 heavy (non-hydrogen) atoms. The van der Waals surface area contributed by atoms with E-state index in [0.29, 0.717) is 36.4 Å². The van der Waals surface area contributed by atoms with E-state index in [2.05, 4.69) is 10.2 Å². The number of carboxylic acids is 1. The molecule has 0 bridgehead atoms. The molecule has 1 unspecified atom stereocenters. The van der Waals surface area contributed by atoms with Gasteiger partial charge in [0.25, 0.3) is 5.91 Å². The van der Waals surface area contributed by atoms with Crippen LogP contribution in [0.3, 0.4) is 0 Å². The SMILES string of the molecule is CSCCC(NC(=O)c1ccc(CN(Cc2cc(F)cc(F)c2)C2CCCCC2)cc1-c1ccccc1C)C(=O)O. The molecule has 0 aliphatic heterocycles. The number of amides is 1. The van der Waals surface area contributed by atoms with Gasteiger partial charge >= 0.3 is 5.97 Å². The molecular formula is C33H38F2N2O3S. The van der Waals surface area contributed by atoms with E-state index in [1.54, 1.807) is 6.07 Å². The van der Waals surface area contributed by atoms with Crippen molar-refractivity contribution >= 4 is 23.6 Å². The lowest BCUT2D eigenvalue weighted by atomic mass is 9.91. The Balaban J connectivity index is 1.68. The van der Waals surface area contributed by atoms with Gasteiger partial charge in [0, 0.05) is 30.8 Å². The summed E-state index contributed by atoms with van der Waals surface area (Å²) in [4.78, 5) is 27.6. The monoisotopic (exact) mass is 580 g/mol. The van der Waals surface area contributed by atoms with Crippen molar-refractivity contribution in [3.63, 3.8) is 0 Å². The molecule has 0 aromatic heterocycles. The highest BCUT2D eigenvalue weighted by atomic mass is 32.2. The van der Waals surface area contributed by atoms with Gasteiger partial charge in [-0.15, -0.1) is 0 Å². The molecule has 1 aliphatic carbocycles. The summed E-state index contributed by atoms with van der Waals surface area (Å²) in [6, 6.07) is 16.4. The summed E-state index contributed by atoms with van der Waals surface area (Å²) in [5.74, 6) is -2.04. The summed E-state index contributed by atoms with van der Waals surface area (Å²) in [7, 11) is 0. The van der Waals surface area contributed by atoms with Crippen LogP contribution >= 0.6 is 11.8 Å². The minimum atomic E-state index is -1.06. The van der Waals surface area contributed by atoms with Crippen molar-refractivity contribution in [3.8, 4) is 11.1 Å². The number of hydrogen-bond acceptors (Lipinski definition) is 4. The average Bonchev–Trinajstić information content (AvgIpc) is 2.95. The normalized spacial score (nSPS) is 14.7. The van der Waals surface area contributed by atoms with Crippen LogP contribution in [0.2, 0.25) is 0 Å². The fourth-order valence-corrected chi connectivity index (χ4v) is 6.12. The summed E-state index contributed by atoms with van der Waals surface area (Å²) >= 11 is 1.53. The second-order valence-electron chi connectivity index (χ2n) is 10.8. The predicted molar refractivity (Wildman–Crippen MR) is 161 cm³/mol. The van der Waals surface area contributed by atoms with Crippen molar-refractivity contribution in [3.05, 3.63) is 94.6 Å². The van der Waals surface area contributed by atoms with Gasteiger partial charge in [0.2, 0.25) is 0 Å². The number of nitrogens with zero attached hydrogens (tertiary/aromatic N) is 1. The lowest BCUT2D eigenvalue weighted by molar-refractivity contribution is -0.139. The van der Waals surface area contributed by atoms with Crippen molar-refractivity contribution in [2.75, 3.05) is 12.0 Å². The van der Waals surface area contributed by atoms with Gasteiger partial charge in [0.1, 0.15) is 17.7 Å². The lowest BCUT2D eigenvalue weighted by Gasteiger charge is -2.34. The molecular weight excluding hydrogens is 542 g/mol. The van der Waals surface area contributed by atoms with Crippen LogP contribution in [0.25, 0.3) is 11.1 Å². The Morgan fingerprint density at radius 1 is 0.951 bits per heavy atom. The highest BCUT2D eigenvalue weighted by molar-refractivity contribution is 7.98. The van der Waals surface area contributed by atoms with Crippen LogP contribution in [0.1, 0.15) is 65.6 Å². The first kappa shape index (κ1) is 30.7.